The Labute approximate surface area is 330 Å². The van der Waals surface area contributed by atoms with Gasteiger partial charge in [-0.05, 0) is 101 Å². The Kier molecular flexibility index (Phi) is 7.82. The van der Waals surface area contributed by atoms with Crippen LogP contribution in [0.2, 0.25) is 0 Å². The summed E-state index contributed by atoms with van der Waals surface area (Å²) in [6.45, 7) is 0. The summed E-state index contributed by atoms with van der Waals surface area (Å²) in [6, 6.07) is 78.0. The van der Waals surface area contributed by atoms with Gasteiger partial charge in [-0.25, -0.2) is 0 Å². The molecule has 0 fully saturated rings. The van der Waals surface area contributed by atoms with Crippen LogP contribution < -0.4 is 4.90 Å². The summed E-state index contributed by atoms with van der Waals surface area (Å²) in [6.07, 6.45) is 0. The largest absolute Gasteiger partial charge is 0.456 e. The molecular weight excluding hydrogens is 693 g/mol. The first kappa shape index (κ1) is 32.8. The molecule has 3 nitrogen and oxygen atoms in total. The molecule has 0 unspecified atom stereocenters. The Bertz CT molecular complexity index is 3170. The van der Waals surface area contributed by atoms with Gasteiger partial charge in [0.25, 0.3) is 0 Å². The van der Waals surface area contributed by atoms with Crippen molar-refractivity contribution in [1.82, 2.24) is 4.57 Å². The number of rotatable bonds is 7. The first-order valence-corrected chi connectivity index (χ1v) is 19.4. The van der Waals surface area contributed by atoms with E-state index in [1.54, 1.807) is 0 Å². The highest BCUT2D eigenvalue weighted by molar-refractivity contribution is 6.13. The highest BCUT2D eigenvalue weighted by atomic mass is 16.3. The predicted molar refractivity (Wildman–Crippen MR) is 239 cm³/mol. The smallest absolute Gasteiger partial charge is 0.136 e. The summed E-state index contributed by atoms with van der Waals surface area (Å²) in [5.41, 5.74) is 15.7. The number of para-hydroxylation sites is 5. The highest BCUT2D eigenvalue weighted by Crippen LogP contribution is 2.41. The van der Waals surface area contributed by atoms with Gasteiger partial charge in [0.2, 0.25) is 0 Å². The molecule has 0 aliphatic heterocycles. The van der Waals surface area contributed by atoms with E-state index in [1.807, 2.05) is 12.1 Å². The highest BCUT2D eigenvalue weighted by Gasteiger charge is 2.18. The number of benzene rings is 9. The van der Waals surface area contributed by atoms with E-state index in [-0.39, 0.29) is 0 Å². The van der Waals surface area contributed by atoms with Crippen LogP contribution in [-0.2, 0) is 0 Å². The lowest BCUT2D eigenvalue weighted by Gasteiger charge is -2.26. The molecule has 0 radical (unpaired) electrons. The lowest BCUT2D eigenvalue weighted by molar-refractivity contribution is 0.669. The van der Waals surface area contributed by atoms with Crippen LogP contribution in [0.1, 0.15) is 0 Å². The van der Waals surface area contributed by atoms with Gasteiger partial charge >= 0.3 is 0 Å². The number of fused-ring (bicyclic) bond motifs is 6. The van der Waals surface area contributed by atoms with Crippen LogP contribution in [0.5, 0.6) is 0 Å². The molecule has 2 heterocycles. The van der Waals surface area contributed by atoms with Crippen LogP contribution in [0.3, 0.4) is 0 Å². The van der Waals surface area contributed by atoms with Crippen molar-refractivity contribution < 1.29 is 4.42 Å². The number of furan rings is 1. The van der Waals surface area contributed by atoms with Gasteiger partial charge < -0.3 is 13.9 Å². The zero-order valence-corrected chi connectivity index (χ0v) is 31.1. The Morgan fingerprint density at radius 1 is 0.333 bits per heavy atom. The van der Waals surface area contributed by atoms with Gasteiger partial charge in [0.05, 0.1) is 16.7 Å². The summed E-state index contributed by atoms with van der Waals surface area (Å²) >= 11 is 0. The fourth-order valence-electron chi connectivity index (χ4n) is 8.59. The maximum absolute atomic E-state index is 6.21. The van der Waals surface area contributed by atoms with Crippen LogP contribution >= 0.6 is 0 Å². The van der Waals surface area contributed by atoms with Crippen molar-refractivity contribution in [2.45, 2.75) is 0 Å². The van der Waals surface area contributed by atoms with Crippen molar-refractivity contribution in [1.29, 1.82) is 0 Å². The quantitative estimate of drug-likeness (QED) is 0.163. The third-order valence-corrected chi connectivity index (χ3v) is 11.2. The maximum Gasteiger partial charge on any atom is 0.136 e. The van der Waals surface area contributed by atoms with Crippen molar-refractivity contribution in [2.24, 2.45) is 0 Å². The molecule has 3 heteroatoms. The second-order valence-corrected chi connectivity index (χ2v) is 14.5. The molecule has 0 saturated heterocycles. The minimum Gasteiger partial charge on any atom is -0.456 e. The van der Waals surface area contributed by atoms with Crippen LogP contribution in [0.15, 0.2) is 223 Å². The molecule has 0 aliphatic carbocycles. The monoisotopic (exact) mass is 728 g/mol. The zero-order valence-electron chi connectivity index (χ0n) is 31.1. The summed E-state index contributed by atoms with van der Waals surface area (Å²) in [7, 11) is 0. The summed E-state index contributed by atoms with van der Waals surface area (Å²) < 4.78 is 8.61. The molecule has 9 aromatic carbocycles. The van der Waals surface area contributed by atoms with Gasteiger partial charge in [0, 0.05) is 44.2 Å². The molecule has 2 aromatic heterocycles. The molecule has 0 atom stereocenters. The number of anilines is 3. The molecule has 0 saturated carbocycles. The van der Waals surface area contributed by atoms with Crippen molar-refractivity contribution in [2.75, 3.05) is 4.90 Å². The minimum absolute atomic E-state index is 0.907. The average Bonchev–Trinajstić information content (AvgIpc) is 3.84. The number of hydrogen-bond acceptors (Lipinski definition) is 2. The lowest BCUT2D eigenvalue weighted by Crippen LogP contribution is -2.09. The molecule has 11 aromatic rings. The van der Waals surface area contributed by atoms with Crippen LogP contribution in [0, 0.1) is 0 Å². The molecule has 268 valence electrons. The van der Waals surface area contributed by atoms with E-state index >= 15 is 0 Å². The third kappa shape index (κ3) is 5.60. The van der Waals surface area contributed by atoms with E-state index in [1.165, 1.54) is 49.6 Å². The normalized spacial score (nSPS) is 11.5. The van der Waals surface area contributed by atoms with E-state index in [0.29, 0.717) is 0 Å². The summed E-state index contributed by atoms with van der Waals surface area (Å²) in [5.74, 6) is 0. The van der Waals surface area contributed by atoms with Crippen molar-refractivity contribution in [3.8, 4) is 39.1 Å². The Morgan fingerprint density at radius 2 is 0.860 bits per heavy atom. The number of aromatic nitrogens is 1. The van der Waals surface area contributed by atoms with E-state index in [0.717, 1.165) is 50.3 Å². The van der Waals surface area contributed by atoms with Crippen molar-refractivity contribution in [3.63, 3.8) is 0 Å². The first-order valence-electron chi connectivity index (χ1n) is 19.4. The second kappa shape index (κ2) is 13.6. The van der Waals surface area contributed by atoms with Gasteiger partial charge in [-0.1, -0.05) is 146 Å². The standard InChI is InChI=1S/C54H36N2O/c1-2-16-41(17-3-1)55(42-32-28-37(29-33-42)39-14-12-15-40(36-39)45-22-13-27-53-54(45)48-21-7-11-26-52(48)57-53)43-34-30-38(31-35-43)44-18-4-8-23-49(44)56-50-24-9-5-19-46(50)47-20-6-10-25-51(47)56/h1-36H. The molecule has 0 aliphatic rings. The number of hydrogen-bond donors (Lipinski definition) is 0. The fourth-order valence-corrected chi connectivity index (χ4v) is 8.59. The van der Waals surface area contributed by atoms with E-state index < -0.39 is 0 Å². The van der Waals surface area contributed by atoms with Gasteiger partial charge in [-0.15, -0.1) is 0 Å². The Balaban J connectivity index is 0.950. The van der Waals surface area contributed by atoms with Gasteiger partial charge in [0.15, 0.2) is 0 Å². The SMILES string of the molecule is c1ccc(N(c2ccc(-c3cccc(-c4cccc5oc6ccccc6c45)c3)cc2)c2ccc(-c3ccccc3-n3c4ccccc4c4ccccc43)cc2)cc1. The molecule has 0 spiro atoms. The van der Waals surface area contributed by atoms with Crippen LogP contribution in [0.25, 0.3) is 82.8 Å². The predicted octanol–water partition coefficient (Wildman–Crippen LogP) is 15.2. The van der Waals surface area contributed by atoms with Gasteiger partial charge in [0.1, 0.15) is 11.2 Å². The van der Waals surface area contributed by atoms with Gasteiger partial charge in [-0.2, -0.15) is 0 Å². The average molecular weight is 729 g/mol. The molecule has 0 amide bonds. The summed E-state index contributed by atoms with van der Waals surface area (Å²) in [4.78, 5) is 2.33. The fraction of sp³-hybridized carbons (Fsp3) is 0. The van der Waals surface area contributed by atoms with E-state index in [9.17, 15) is 0 Å². The van der Waals surface area contributed by atoms with Crippen LogP contribution in [0.4, 0.5) is 17.1 Å². The van der Waals surface area contributed by atoms with Crippen molar-refractivity contribution >= 4 is 60.8 Å². The van der Waals surface area contributed by atoms with Crippen molar-refractivity contribution in [3.05, 3.63) is 218 Å². The minimum atomic E-state index is 0.907. The third-order valence-electron chi connectivity index (χ3n) is 11.2. The lowest BCUT2D eigenvalue weighted by atomic mass is 9.96. The maximum atomic E-state index is 6.21. The summed E-state index contributed by atoms with van der Waals surface area (Å²) in [5, 5.41) is 4.81. The number of nitrogens with zero attached hydrogens (tertiary/aromatic N) is 2. The van der Waals surface area contributed by atoms with Gasteiger partial charge in [-0.3, -0.25) is 0 Å². The molecule has 11 rings (SSSR count). The molecule has 0 N–H and O–H groups in total. The molecule has 0 bridgehead atoms. The molecule has 57 heavy (non-hydrogen) atoms. The van der Waals surface area contributed by atoms with Crippen LogP contribution in [-0.4, -0.2) is 4.57 Å². The van der Waals surface area contributed by atoms with E-state index in [2.05, 4.69) is 216 Å². The van der Waals surface area contributed by atoms with E-state index in [4.69, 9.17) is 4.42 Å². The topological polar surface area (TPSA) is 21.3 Å². The first-order chi connectivity index (χ1) is 28.3. The zero-order chi connectivity index (χ0) is 37.7. The Hall–Kier alpha value is -7.62. The Morgan fingerprint density at radius 3 is 1.60 bits per heavy atom. The molecular formula is C54H36N2O. The second-order valence-electron chi connectivity index (χ2n) is 14.5.